The Bertz CT molecular complexity index is 605. The lowest BCUT2D eigenvalue weighted by Gasteiger charge is -2.30. The van der Waals surface area contributed by atoms with E-state index in [1.807, 2.05) is 0 Å². The zero-order chi connectivity index (χ0) is 15.1. The summed E-state index contributed by atoms with van der Waals surface area (Å²) in [7, 11) is 0. The highest BCUT2D eigenvalue weighted by atomic mass is 35.5. The van der Waals surface area contributed by atoms with Crippen LogP contribution in [0.15, 0.2) is 18.2 Å². The lowest BCUT2D eigenvalue weighted by molar-refractivity contribution is -0.314. The predicted molar refractivity (Wildman–Crippen MR) is 77.9 cm³/mol. The first-order chi connectivity index (χ1) is 9.97. The zero-order valence-corrected chi connectivity index (χ0v) is 12.7. The van der Waals surface area contributed by atoms with Crippen LogP contribution in [-0.4, -0.2) is 11.9 Å². The third-order valence-corrected chi connectivity index (χ3v) is 5.42. The number of carbonyl (C=O) groups is 2. The summed E-state index contributed by atoms with van der Waals surface area (Å²) >= 11 is 11.7. The van der Waals surface area contributed by atoms with Gasteiger partial charge < -0.3 is 15.2 Å². The Hall–Kier alpha value is -1.26. The van der Waals surface area contributed by atoms with Crippen LogP contribution < -0.4 is 10.4 Å². The number of rotatable bonds is 3. The number of anilines is 1. The van der Waals surface area contributed by atoms with Crippen molar-refractivity contribution in [3.63, 3.8) is 0 Å². The molecule has 1 aromatic rings. The van der Waals surface area contributed by atoms with Crippen LogP contribution in [0.5, 0.6) is 0 Å². The van der Waals surface area contributed by atoms with Gasteiger partial charge in [0, 0.05) is 23.5 Å². The second-order valence-electron chi connectivity index (χ2n) is 5.82. The van der Waals surface area contributed by atoms with Crippen molar-refractivity contribution in [1.82, 2.24) is 0 Å². The minimum atomic E-state index is -1.11. The van der Waals surface area contributed by atoms with Crippen molar-refractivity contribution < 1.29 is 14.7 Å². The van der Waals surface area contributed by atoms with Crippen molar-refractivity contribution in [2.45, 2.75) is 19.3 Å². The Morgan fingerprint density at radius 2 is 1.76 bits per heavy atom. The number of fused-ring (bicyclic) bond motifs is 2. The van der Waals surface area contributed by atoms with Gasteiger partial charge in [-0.15, -0.1) is 0 Å². The van der Waals surface area contributed by atoms with Crippen molar-refractivity contribution in [1.29, 1.82) is 0 Å². The first-order valence-electron chi connectivity index (χ1n) is 6.94. The van der Waals surface area contributed by atoms with Gasteiger partial charge in [-0.05, 0) is 49.3 Å². The average Bonchev–Trinajstić information content (AvgIpc) is 3.03. The normalized spacial score (nSPS) is 30.4. The van der Waals surface area contributed by atoms with E-state index in [0.717, 1.165) is 19.3 Å². The van der Waals surface area contributed by atoms with Crippen molar-refractivity contribution >= 4 is 40.8 Å². The number of hydrogen-bond acceptors (Lipinski definition) is 3. The molecular formula is C15H14Cl2NO3-. The Labute approximate surface area is 132 Å². The molecule has 2 fully saturated rings. The topological polar surface area (TPSA) is 69.2 Å². The molecule has 2 aliphatic rings. The molecule has 4 atom stereocenters. The molecule has 1 amide bonds. The number of carbonyl (C=O) groups excluding carboxylic acids is 2. The van der Waals surface area contributed by atoms with Crippen molar-refractivity contribution in [2.75, 3.05) is 5.32 Å². The van der Waals surface area contributed by atoms with Gasteiger partial charge in [-0.3, -0.25) is 4.79 Å². The molecular weight excluding hydrogens is 313 g/mol. The van der Waals surface area contributed by atoms with E-state index in [1.165, 1.54) is 0 Å². The maximum Gasteiger partial charge on any atom is 0.228 e. The number of benzene rings is 1. The van der Waals surface area contributed by atoms with Gasteiger partial charge in [0.1, 0.15) is 0 Å². The van der Waals surface area contributed by atoms with Crippen LogP contribution >= 0.6 is 23.2 Å². The minimum Gasteiger partial charge on any atom is -0.550 e. The second kappa shape index (κ2) is 5.50. The summed E-state index contributed by atoms with van der Waals surface area (Å²) in [6.07, 6.45) is 2.59. The monoisotopic (exact) mass is 326 g/mol. The molecule has 0 aromatic heterocycles. The summed E-state index contributed by atoms with van der Waals surface area (Å²) in [6, 6.07) is 4.80. The van der Waals surface area contributed by atoms with Gasteiger partial charge in [-0.1, -0.05) is 23.2 Å². The third-order valence-electron chi connectivity index (χ3n) is 4.68. The number of carboxylic acid groups (broad SMARTS) is 1. The number of halogens is 2. The molecule has 21 heavy (non-hydrogen) atoms. The number of carboxylic acids is 1. The molecule has 4 nitrogen and oxygen atoms in total. The smallest absolute Gasteiger partial charge is 0.228 e. The molecule has 0 unspecified atom stereocenters. The van der Waals surface area contributed by atoms with Gasteiger partial charge >= 0.3 is 0 Å². The summed E-state index contributed by atoms with van der Waals surface area (Å²) in [4.78, 5) is 23.8. The van der Waals surface area contributed by atoms with E-state index in [0.29, 0.717) is 15.7 Å². The van der Waals surface area contributed by atoms with Crippen LogP contribution in [0.1, 0.15) is 19.3 Å². The molecule has 112 valence electrons. The van der Waals surface area contributed by atoms with Crippen LogP contribution in [0.3, 0.4) is 0 Å². The van der Waals surface area contributed by atoms with Crippen molar-refractivity contribution in [3.05, 3.63) is 28.2 Å². The maximum atomic E-state index is 12.4. The van der Waals surface area contributed by atoms with Crippen LogP contribution in [0, 0.1) is 23.7 Å². The SMILES string of the molecule is O=C(Nc1ccc(Cl)c(Cl)c1)[C@@H]1[C@H]2CC[C@@H](C2)[C@@H]1C(=O)[O-]. The van der Waals surface area contributed by atoms with E-state index >= 15 is 0 Å². The molecule has 0 aliphatic heterocycles. The Balaban J connectivity index is 1.78. The minimum absolute atomic E-state index is 0.0737. The molecule has 2 saturated carbocycles. The Morgan fingerprint density at radius 3 is 2.38 bits per heavy atom. The summed E-state index contributed by atoms with van der Waals surface area (Å²) in [6.45, 7) is 0. The molecule has 1 aromatic carbocycles. The predicted octanol–water partition coefficient (Wildman–Crippen LogP) is 2.34. The molecule has 2 bridgehead atoms. The Kier molecular flexibility index (Phi) is 3.84. The Morgan fingerprint density at radius 1 is 1.10 bits per heavy atom. The second-order valence-corrected chi connectivity index (χ2v) is 6.64. The van der Waals surface area contributed by atoms with Gasteiger partial charge in [0.2, 0.25) is 5.91 Å². The van der Waals surface area contributed by atoms with E-state index < -0.39 is 17.8 Å². The lowest BCUT2D eigenvalue weighted by Crippen LogP contribution is -2.43. The fourth-order valence-electron chi connectivity index (χ4n) is 3.81. The zero-order valence-electron chi connectivity index (χ0n) is 11.1. The summed E-state index contributed by atoms with van der Waals surface area (Å²) < 4.78 is 0. The molecule has 0 saturated heterocycles. The van der Waals surface area contributed by atoms with Crippen LogP contribution in [0.2, 0.25) is 10.0 Å². The first-order valence-corrected chi connectivity index (χ1v) is 7.69. The van der Waals surface area contributed by atoms with Gasteiger partial charge in [0.25, 0.3) is 0 Å². The van der Waals surface area contributed by atoms with Crippen LogP contribution in [0.4, 0.5) is 5.69 Å². The van der Waals surface area contributed by atoms with E-state index in [1.54, 1.807) is 18.2 Å². The van der Waals surface area contributed by atoms with Gasteiger partial charge in [0.05, 0.1) is 10.0 Å². The molecule has 0 radical (unpaired) electrons. The van der Waals surface area contributed by atoms with E-state index in [9.17, 15) is 14.7 Å². The standard InChI is InChI=1S/C15H15Cl2NO3/c16-10-4-3-9(6-11(10)17)18-14(19)12-7-1-2-8(5-7)13(12)15(20)21/h3-4,6-8,12-13H,1-2,5H2,(H,18,19)(H,20,21)/p-1/t7-,8-,12+,13-/m0/s1. The van der Waals surface area contributed by atoms with Gasteiger partial charge in [-0.2, -0.15) is 0 Å². The highest BCUT2D eigenvalue weighted by Crippen LogP contribution is 2.52. The highest BCUT2D eigenvalue weighted by molar-refractivity contribution is 6.42. The third kappa shape index (κ3) is 2.62. The van der Waals surface area contributed by atoms with E-state index in [4.69, 9.17) is 23.2 Å². The molecule has 1 N–H and O–H groups in total. The first kappa shape index (κ1) is 14.7. The average molecular weight is 327 g/mol. The molecule has 3 rings (SSSR count). The van der Waals surface area contributed by atoms with Crippen LogP contribution in [0.25, 0.3) is 0 Å². The van der Waals surface area contributed by atoms with Gasteiger partial charge in [-0.25, -0.2) is 0 Å². The number of amides is 1. The van der Waals surface area contributed by atoms with Crippen molar-refractivity contribution in [2.24, 2.45) is 23.7 Å². The van der Waals surface area contributed by atoms with Crippen LogP contribution in [-0.2, 0) is 9.59 Å². The largest absolute Gasteiger partial charge is 0.550 e. The number of nitrogens with one attached hydrogen (secondary N) is 1. The fourth-order valence-corrected chi connectivity index (χ4v) is 4.11. The van der Waals surface area contributed by atoms with Crippen molar-refractivity contribution in [3.8, 4) is 0 Å². The number of hydrogen-bond donors (Lipinski definition) is 1. The molecule has 6 heteroatoms. The molecule has 0 spiro atoms. The number of aliphatic carboxylic acids is 1. The lowest BCUT2D eigenvalue weighted by atomic mass is 9.78. The van der Waals surface area contributed by atoms with E-state index in [2.05, 4.69) is 5.32 Å². The summed E-state index contributed by atoms with van der Waals surface area (Å²) in [5.74, 6) is -2.36. The molecule has 2 aliphatic carbocycles. The summed E-state index contributed by atoms with van der Waals surface area (Å²) in [5, 5.41) is 14.8. The summed E-state index contributed by atoms with van der Waals surface area (Å²) in [5.41, 5.74) is 0.522. The molecule has 0 heterocycles. The van der Waals surface area contributed by atoms with Gasteiger partial charge in [0.15, 0.2) is 0 Å². The quantitative estimate of drug-likeness (QED) is 0.926. The highest BCUT2D eigenvalue weighted by Gasteiger charge is 2.51. The maximum absolute atomic E-state index is 12.4. The fraction of sp³-hybridized carbons (Fsp3) is 0.467. The van der Waals surface area contributed by atoms with E-state index in [-0.39, 0.29) is 17.7 Å².